The van der Waals surface area contributed by atoms with E-state index in [0.717, 1.165) is 11.6 Å². The van der Waals surface area contributed by atoms with Crippen LogP contribution in [0.3, 0.4) is 0 Å². The standard InChI is InChI=1S/C16H14BrF2N/c17-13-7-15(19)16(8-14(13)18)20-9-10-2-1-3-12(6-10)11-4-5-11/h1-3,6-8,11,20H,4-5,9H2. The van der Waals surface area contributed by atoms with Crippen molar-refractivity contribution in [2.45, 2.75) is 25.3 Å². The van der Waals surface area contributed by atoms with Crippen molar-refractivity contribution in [3.05, 3.63) is 63.6 Å². The van der Waals surface area contributed by atoms with Crippen LogP contribution in [0.2, 0.25) is 0 Å². The minimum atomic E-state index is -0.472. The summed E-state index contributed by atoms with van der Waals surface area (Å²) in [5, 5.41) is 2.95. The van der Waals surface area contributed by atoms with E-state index < -0.39 is 11.6 Å². The van der Waals surface area contributed by atoms with Crippen LogP contribution in [0, 0.1) is 11.6 Å². The fourth-order valence-electron chi connectivity index (χ4n) is 2.23. The molecule has 1 aliphatic carbocycles. The zero-order valence-corrected chi connectivity index (χ0v) is 12.4. The van der Waals surface area contributed by atoms with Gasteiger partial charge in [-0.25, -0.2) is 8.78 Å². The molecule has 0 spiro atoms. The SMILES string of the molecule is Fc1cc(NCc2cccc(C3CC3)c2)c(F)cc1Br. The van der Waals surface area contributed by atoms with Crippen molar-refractivity contribution in [1.29, 1.82) is 0 Å². The average molecular weight is 338 g/mol. The van der Waals surface area contributed by atoms with Crippen LogP contribution in [0.1, 0.15) is 29.9 Å². The molecule has 0 aliphatic heterocycles. The van der Waals surface area contributed by atoms with Gasteiger partial charge in [0.05, 0.1) is 10.2 Å². The summed E-state index contributed by atoms with van der Waals surface area (Å²) in [6.45, 7) is 0.485. The molecule has 0 atom stereocenters. The predicted octanol–water partition coefficient (Wildman–Crippen LogP) is 5.22. The van der Waals surface area contributed by atoms with Crippen LogP contribution in [0.25, 0.3) is 0 Å². The number of hydrogen-bond acceptors (Lipinski definition) is 1. The summed E-state index contributed by atoms with van der Waals surface area (Å²) in [5.74, 6) is -0.242. The number of halogens is 3. The molecule has 4 heteroatoms. The summed E-state index contributed by atoms with van der Waals surface area (Å²) in [7, 11) is 0. The molecule has 0 amide bonds. The van der Waals surface area contributed by atoms with Gasteiger partial charge in [0.15, 0.2) is 0 Å². The summed E-state index contributed by atoms with van der Waals surface area (Å²) >= 11 is 2.97. The van der Waals surface area contributed by atoms with E-state index in [2.05, 4.69) is 33.4 Å². The van der Waals surface area contributed by atoms with E-state index in [4.69, 9.17) is 0 Å². The fraction of sp³-hybridized carbons (Fsp3) is 0.250. The molecule has 104 valence electrons. The Hall–Kier alpha value is -1.42. The quantitative estimate of drug-likeness (QED) is 0.754. The first-order valence-corrected chi connectivity index (χ1v) is 7.40. The minimum Gasteiger partial charge on any atom is -0.379 e. The molecule has 0 saturated heterocycles. The molecule has 1 aliphatic rings. The molecule has 0 unspecified atom stereocenters. The number of rotatable bonds is 4. The summed E-state index contributed by atoms with van der Waals surface area (Å²) in [6, 6.07) is 10.6. The second-order valence-electron chi connectivity index (χ2n) is 5.12. The van der Waals surface area contributed by atoms with Gasteiger partial charge in [0.25, 0.3) is 0 Å². The van der Waals surface area contributed by atoms with Gasteiger partial charge >= 0.3 is 0 Å². The molecular formula is C16H14BrF2N. The maximum Gasteiger partial charge on any atom is 0.147 e. The zero-order valence-electron chi connectivity index (χ0n) is 10.8. The first-order valence-electron chi connectivity index (χ1n) is 6.61. The highest BCUT2D eigenvalue weighted by molar-refractivity contribution is 9.10. The molecule has 0 radical (unpaired) electrons. The number of nitrogens with one attached hydrogen (secondary N) is 1. The first-order chi connectivity index (χ1) is 9.63. The van der Waals surface area contributed by atoms with E-state index >= 15 is 0 Å². The second kappa shape index (κ2) is 5.52. The Morgan fingerprint density at radius 3 is 2.65 bits per heavy atom. The Morgan fingerprint density at radius 1 is 1.10 bits per heavy atom. The molecule has 0 bridgehead atoms. The molecule has 1 nitrogen and oxygen atoms in total. The highest BCUT2D eigenvalue weighted by Gasteiger charge is 2.23. The molecule has 1 N–H and O–H groups in total. The van der Waals surface area contributed by atoms with Crippen molar-refractivity contribution in [3.8, 4) is 0 Å². The lowest BCUT2D eigenvalue weighted by Crippen LogP contribution is -2.02. The summed E-state index contributed by atoms with van der Waals surface area (Å²) in [4.78, 5) is 0. The van der Waals surface area contributed by atoms with Crippen LogP contribution in [0.5, 0.6) is 0 Å². The monoisotopic (exact) mass is 337 g/mol. The Bertz CT molecular complexity index is 638. The van der Waals surface area contributed by atoms with E-state index in [-0.39, 0.29) is 10.2 Å². The maximum atomic E-state index is 13.7. The van der Waals surface area contributed by atoms with Crippen molar-refractivity contribution < 1.29 is 8.78 Å². The fourth-order valence-corrected chi connectivity index (χ4v) is 2.54. The summed E-state index contributed by atoms with van der Waals surface area (Å²) in [6.07, 6.45) is 2.51. The van der Waals surface area contributed by atoms with Crippen LogP contribution < -0.4 is 5.32 Å². The Morgan fingerprint density at radius 2 is 1.90 bits per heavy atom. The van der Waals surface area contributed by atoms with Crippen molar-refractivity contribution in [2.24, 2.45) is 0 Å². The molecule has 20 heavy (non-hydrogen) atoms. The smallest absolute Gasteiger partial charge is 0.147 e. The predicted molar refractivity (Wildman–Crippen MR) is 79.8 cm³/mol. The van der Waals surface area contributed by atoms with Crippen LogP contribution in [-0.4, -0.2) is 0 Å². The lowest BCUT2D eigenvalue weighted by molar-refractivity contribution is 0.596. The van der Waals surface area contributed by atoms with Crippen LogP contribution in [0.15, 0.2) is 40.9 Å². The maximum absolute atomic E-state index is 13.7. The first kappa shape index (κ1) is 13.6. The van der Waals surface area contributed by atoms with Crippen molar-refractivity contribution in [3.63, 3.8) is 0 Å². The Kier molecular flexibility index (Phi) is 3.74. The largest absolute Gasteiger partial charge is 0.379 e. The lowest BCUT2D eigenvalue weighted by Gasteiger charge is -2.10. The van der Waals surface area contributed by atoms with Crippen LogP contribution >= 0.6 is 15.9 Å². The average Bonchev–Trinajstić information content (AvgIpc) is 3.26. The Balaban J connectivity index is 1.73. The highest BCUT2D eigenvalue weighted by Crippen LogP contribution is 2.40. The van der Waals surface area contributed by atoms with Gasteiger partial charge in [-0.05, 0) is 51.9 Å². The number of hydrogen-bond donors (Lipinski definition) is 1. The van der Waals surface area contributed by atoms with Gasteiger partial charge in [-0.3, -0.25) is 0 Å². The summed E-state index contributed by atoms with van der Waals surface area (Å²) in [5.41, 5.74) is 2.60. The lowest BCUT2D eigenvalue weighted by atomic mass is 10.1. The van der Waals surface area contributed by atoms with Gasteiger partial charge in [0, 0.05) is 12.6 Å². The molecule has 1 saturated carbocycles. The minimum absolute atomic E-state index is 0.135. The third-order valence-electron chi connectivity index (χ3n) is 3.49. The highest BCUT2D eigenvalue weighted by atomic mass is 79.9. The van der Waals surface area contributed by atoms with E-state index in [9.17, 15) is 8.78 Å². The van der Waals surface area contributed by atoms with Gasteiger partial charge in [-0.15, -0.1) is 0 Å². The van der Waals surface area contributed by atoms with Crippen molar-refractivity contribution in [2.75, 3.05) is 5.32 Å². The van der Waals surface area contributed by atoms with Crippen molar-refractivity contribution in [1.82, 2.24) is 0 Å². The van der Waals surface area contributed by atoms with Crippen LogP contribution in [0.4, 0.5) is 14.5 Å². The van der Waals surface area contributed by atoms with E-state index in [1.807, 2.05) is 12.1 Å². The third-order valence-corrected chi connectivity index (χ3v) is 4.10. The van der Waals surface area contributed by atoms with Crippen molar-refractivity contribution >= 4 is 21.6 Å². The molecule has 2 aromatic rings. The molecule has 0 aromatic heterocycles. The Labute approximate surface area is 125 Å². The molecule has 1 fully saturated rings. The van der Waals surface area contributed by atoms with E-state index in [0.29, 0.717) is 12.5 Å². The third kappa shape index (κ3) is 3.01. The topological polar surface area (TPSA) is 12.0 Å². The summed E-state index contributed by atoms with van der Waals surface area (Å²) < 4.78 is 27.2. The number of benzene rings is 2. The van der Waals surface area contributed by atoms with Gasteiger partial charge in [-0.1, -0.05) is 24.3 Å². The van der Waals surface area contributed by atoms with E-state index in [1.165, 1.54) is 24.5 Å². The zero-order chi connectivity index (χ0) is 14.1. The van der Waals surface area contributed by atoms with Gasteiger partial charge in [-0.2, -0.15) is 0 Å². The van der Waals surface area contributed by atoms with E-state index in [1.54, 1.807) is 0 Å². The molecular weight excluding hydrogens is 324 g/mol. The van der Waals surface area contributed by atoms with Gasteiger partial charge < -0.3 is 5.32 Å². The molecule has 2 aromatic carbocycles. The number of anilines is 1. The second-order valence-corrected chi connectivity index (χ2v) is 5.97. The van der Waals surface area contributed by atoms with Gasteiger partial charge in [0.1, 0.15) is 11.6 Å². The van der Waals surface area contributed by atoms with Crippen LogP contribution in [-0.2, 0) is 6.54 Å². The van der Waals surface area contributed by atoms with Gasteiger partial charge in [0.2, 0.25) is 0 Å². The normalized spacial score (nSPS) is 14.3. The molecule has 0 heterocycles. The molecule has 3 rings (SSSR count).